The van der Waals surface area contributed by atoms with Crippen LogP contribution in [0.15, 0.2) is 17.1 Å². The summed E-state index contributed by atoms with van der Waals surface area (Å²) in [5.41, 5.74) is 1.28. The standard InChI is InChI=1S/C14H18Cl2N2O.ClH/c1-9(2)18(10(3)4)7-11-5-12(15)14(17-8-19)13(16)6-11;/h5-6,9-10H,7H2,1-4H3;1H. The van der Waals surface area contributed by atoms with Gasteiger partial charge in [-0.25, -0.2) is 4.79 Å². The maximum Gasteiger partial charge on any atom is 0.240 e. The highest BCUT2D eigenvalue weighted by Gasteiger charge is 2.15. The summed E-state index contributed by atoms with van der Waals surface area (Å²) in [5.74, 6) is 0. The second-order valence-corrected chi connectivity index (χ2v) is 5.79. The lowest BCUT2D eigenvalue weighted by atomic mass is 10.1. The number of carbonyl (C=O) groups excluding carboxylic acids is 1. The first-order valence-corrected chi connectivity index (χ1v) is 6.94. The molecule has 0 saturated heterocycles. The Morgan fingerprint density at radius 1 is 1.15 bits per heavy atom. The van der Waals surface area contributed by atoms with E-state index >= 15 is 0 Å². The van der Waals surface area contributed by atoms with Crippen LogP contribution < -0.4 is 0 Å². The zero-order valence-electron chi connectivity index (χ0n) is 12.0. The third-order valence-corrected chi connectivity index (χ3v) is 3.50. The summed E-state index contributed by atoms with van der Waals surface area (Å²) in [6, 6.07) is 4.43. The highest BCUT2D eigenvalue weighted by atomic mass is 35.5. The molecule has 0 saturated carbocycles. The van der Waals surface area contributed by atoms with Gasteiger partial charge in [-0.2, -0.15) is 4.99 Å². The smallest absolute Gasteiger partial charge is 0.240 e. The van der Waals surface area contributed by atoms with Gasteiger partial charge in [-0.05, 0) is 45.4 Å². The molecule has 1 aromatic rings. The lowest BCUT2D eigenvalue weighted by Gasteiger charge is -2.30. The lowest BCUT2D eigenvalue weighted by molar-refractivity contribution is 0.166. The number of aliphatic imine (C=N–C) groups is 1. The van der Waals surface area contributed by atoms with Crippen molar-refractivity contribution in [3.63, 3.8) is 0 Å². The van der Waals surface area contributed by atoms with E-state index < -0.39 is 0 Å². The fourth-order valence-corrected chi connectivity index (χ4v) is 2.65. The van der Waals surface area contributed by atoms with Crippen LogP contribution in [0.2, 0.25) is 10.0 Å². The molecule has 0 atom stereocenters. The molecule has 0 heterocycles. The van der Waals surface area contributed by atoms with Gasteiger partial charge in [0.1, 0.15) is 5.69 Å². The van der Waals surface area contributed by atoms with Gasteiger partial charge in [0, 0.05) is 18.6 Å². The van der Waals surface area contributed by atoms with Gasteiger partial charge in [-0.15, -0.1) is 12.4 Å². The third-order valence-electron chi connectivity index (χ3n) is 2.93. The van der Waals surface area contributed by atoms with Crippen LogP contribution >= 0.6 is 35.6 Å². The molecule has 0 unspecified atom stereocenters. The van der Waals surface area contributed by atoms with Crippen molar-refractivity contribution in [3.05, 3.63) is 27.7 Å². The first-order chi connectivity index (χ1) is 8.86. The number of isocyanates is 1. The van der Waals surface area contributed by atoms with E-state index in [-0.39, 0.29) is 18.1 Å². The van der Waals surface area contributed by atoms with Crippen molar-refractivity contribution in [2.45, 2.75) is 46.3 Å². The van der Waals surface area contributed by atoms with E-state index in [1.54, 1.807) is 12.1 Å². The SMILES string of the molecule is CC(C)N(Cc1cc(Cl)c(N=C=O)c(Cl)c1)C(C)C.Cl. The molecule has 0 aromatic heterocycles. The molecule has 20 heavy (non-hydrogen) atoms. The van der Waals surface area contributed by atoms with E-state index in [1.165, 1.54) is 6.08 Å². The Kier molecular flexibility index (Phi) is 8.41. The fourth-order valence-electron chi connectivity index (χ4n) is 2.03. The van der Waals surface area contributed by atoms with E-state index in [1.807, 2.05) is 0 Å². The summed E-state index contributed by atoms with van der Waals surface area (Å²) in [7, 11) is 0. The van der Waals surface area contributed by atoms with Crippen LogP contribution in [0.3, 0.4) is 0 Å². The number of hydrogen-bond donors (Lipinski definition) is 0. The van der Waals surface area contributed by atoms with Crippen LogP contribution in [0.4, 0.5) is 5.69 Å². The molecular formula is C14H19Cl3N2O. The first-order valence-electron chi connectivity index (χ1n) is 6.18. The summed E-state index contributed by atoms with van der Waals surface area (Å²) in [6.45, 7) is 9.34. The van der Waals surface area contributed by atoms with Crippen molar-refractivity contribution in [3.8, 4) is 0 Å². The molecule has 3 nitrogen and oxygen atoms in total. The third kappa shape index (κ3) is 5.08. The maximum absolute atomic E-state index is 10.3. The molecule has 0 N–H and O–H groups in total. The van der Waals surface area contributed by atoms with Crippen LogP contribution in [-0.2, 0) is 11.3 Å². The quantitative estimate of drug-likeness (QED) is 0.559. The zero-order chi connectivity index (χ0) is 14.6. The molecule has 1 rings (SSSR count). The second kappa shape index (κ2) is 8.66. The maximum atomic E-state index is 10.3. The number of benzene rings is 1. The lowest BCUT2D eigenvalue weighted by Crippen LogP contribution is -2.36. The minimum Gasteiger partial charge on any atom is -0.294 e. The summed E-state index contributed by atoms with van der Waals surface area (Å²) in [5, 5.41) is 0.747. The van der Waals surface area contributed by atoms with Gasteiger partial charge in [0.25, 0.3) is 0 Å². The molecule has 0 aliphatic carbocycles. The largest absolute Gasteiger partial charge is 0.294 e. The minimum atomic E-state index is 0. The van der Waals surface area contributed by atoms with E-state index in [2.05, 4.69) is 37.6 Å². The summed E-state index contributed by atoms with van der Waals surface area (Å²) in [6.07, 6.45) is 1.46. The van der Waals surface area contributed by atoms with Gasteiger partial charge in [0.2, 0.25) is 6.08 Å². The average Bonchev–Trinajstić information content (AvgIpc) is 2.30. The molecular weight excluding hydrogens is 319 g/mol. The number of hydrogen-bond acceptors (Lipinski definition) is 3. The number of halogens is 3. The van der Waals surface area contributed by atoms with Gasteiger partial charge in [-0.3, -0.25) is 4.90 Å². The second-order valence-electron chi connectivity index (χ2n) is 4.97. The van der Waals surface area contributed by atoms with Crippen molar-refractivity contribution in [2.24, 2.45) is 4.99 Å². The summed E-state index contributed by atoms with van der Waals surface area (Å²) >= 11 is 12.2. The molecule has 1 aromatic carbocycles. The highest BCUT2D eigenvalue weighted by molar-refractivity contribution is 6.38. The Bertz CT molecular complexity index is 466. The predicted octanol–water partition coefficient (Wildman–Crippen LogP) is 5.00. The van der Waals surface area contributed by atoms with E-state index in [9.17, 15) is 4.79 Å². The molecule has 0 radical (unpaired) electrons. The van der Waals surface area contributed by atoms with Gasteiger partial charge in [0.15, 0.2) is 0 Å². The minimum absolute atomic E-state index is 0. The molecule has 0 aliphatic rings. The van der Waals surface area contributed by atoms with Gasteiger partial charge >= 0.3 is 0 Å². The van der Waals surface area contributed by atoms with Crippen molar-refractivity contribution in [1.29, 1.82) is 0 Å². The molecule has 6 heteroatoms. The Morgan fingerprint density at radius 3 is 1.95 bits per heavy atom. The fraction of sp³-hybridized carbons (Fsp3) is 0.500. The molecule has 0 aliphatic heterocycles. The van der Waals surface area contributed by atoms with Crippen LogP contribution in [0.25, 0.3) is 0 Å². The molecule has 0 fully saturated rings. The Labute approximate surface area is 136 Å². The summed E-state index contributed by atoms with van der Waals surface area (Å²) < 4.78 is 0. The van der Waals surface area contributed by atoms with Gasteiger partial charge in [-0.1, -0.05) is 23.2 Å². The normalized spacial score (nSPS) is 10.7. The zero-order valence-corrected chi connectivity index (χ0v) is 14.3. The Hall–Kier alpha value is -0.570. The Morgan fingerprint density at radius 2 is 1.60 bits per heavy atom. The van der Waals surface area contributed by atoms with E-state index in [0.29, 0.717) is 22.1 Å². The summed E-state index contributed by atoms with van der Waals surface area (Å²) in [4.78, 5) is 16.1. The topological polar surface area (TPSA) is 32.7 Å². The number of nitrogens with zero attached hydrogens (tertiary/aromatic N) is 2. The monoisotopic (exact) mass is 336 g/mol. The van der Waals surface area contributed by atoms with Gasteiger partial charge < -0.3 is 0 Å². The Balaban J connectivity index is 0.00000361. The van der Waals surface area contributed by atoms with Crippen LogP contribution in [0.5, 0.6) is 0 Å². The van der Waals surface area contributed by atoms with Crippen molar-refractivity contribution in [1.82, 2.24) is 4.90 Å². The van der Waals surface area contributed by atoms with Gasteiger partial charge in [0.05, 0.1) is 10.0 Å². The van der Waals surface area contributed by atoms with Crippen LogP contribution in [0.1, 0.15) is 33.3 Å². The van der Waals surface area contributed by atoms with Crippen LogP contribution in [-0.4, -0.2) is 23.1 Å². The molecule has 0 amide bonds. The van der Waals surface area contributed by atoms with Crippen molar-refractivity contribution >= 4 is 47.4 Å². The highest BCUT2D eigenvalue weighted by Crippen LogP contribution is 2.34. The molecule has 0 bridgehead atoms. The molecule has 0 spiro atoms. The average molecular weight is 338 g/mol. The van der Waals surface area contributed by atoms with E-state index in [0.717, 1.165) is 12.1 Å². The predicted molar refractivity (Wildman–Crippen MR) is 87.3 cm³/mol. The number of rotatable bonds is 5. The van der Waals surface area contributed by atoms with E-state index in [4.69, 9.17) is 23.2 Å². The van der Waals surface area contributed by atoms with Crippen molar-refractivity contribution < 1.29 is 4.79 Å². The van der Waals surface area contributed by atoms with Crippen LogP contribution in [0, 0.1) is 0 Å². The molecule has 112 valence electrons. The van der Waals surface area contributed by atoms with Crippen molar-refractivity contribution in [2.75, 3.05) is 0 Å². The first kappa shape index (κ1) is 19.4.